The Bertz CT molecular complexity index is 306. The third kappa shape index (κ3) is 2.05. The molecule has 0 amide bonds. The van der Waals surface area contributed by atoms with E-state index >= 15 is 0 Å². The van der Waals surface area contributed by atoms with E-state index in [1.807, 2.05) is 28.7 Å². The molecule has 1 rings (SSSR count). The highest BCUT2D eigenvalue weighted by atomic mass is 127. The molecule has 0 atom stereocenters. The highest BCUT2D eigenvalue weighted by Crippen LogP contribution is 2.16. The predicted octanol–water partition coefficient (Wildman–Crippen LogP) is 1.46. The van der Waals surface area contributed by atoms with Gasteiger partial charge in [0.2, 0.25) is 0 Å². The number of halogens is 1. The first-order chi connectivity index (χ1) is 5.24. The van der Waals surface area contributed by atoms with E-state index in [-0.39, 0.29) is 12.2 Å². The average molecular weight is 260 g/mol. The first-order valence-corrected chi connectivity index (χ1v) is 4.02. The number of nitriles is 1. The van der Waals surface area contributed by atoms with Gasteiger partial charge in [-0.2, -0.15) is 5.26 Å². The van der Waals surface area contributed by atoms with E-state index in [2.05, 4.69) is 4.98 Å². The topological polar surface area (TPSA) is 56.9 Å². The molecule has 56 valence electrons. The number of aromatic nitrogens is 1. The van der Waals surface area contributed by atoms with Crippen molar-refractivity contribution in [1.29, 1.82) is 5.26 Å². The van der Waals surface area contributed by atoms with E-state index in [9.17, 15) is 5.11 Å². The summed E-state index contributed by atoms with van der Waals surface area (Å²) in [5.74, 6) is 0.0958. The predicted molar refractivity (Wildman–Crippen MR) is 47.9 cm³/mol. The van der Waals surface area contributed by atoms with Gasteiger partial charge in [-0.1, -0.05) is 0 Å². The molecule has 1 aromatic heterocycles. The van der Waals surface area contributed by atoms with Gasteiger partial charge in [-0.25, -0.2) is 0 Å². The summed E-state index contributed by atoms with van der Waals surface area (Å²) in [5.41, 5.74) is 0.438. The maximum absolute atomic E-state index is 9.20. The van der Waals surface area contributed by atoms with Crippen LogP contribution >= 0.6 is 22.6 Å². The molecular weight excluding hydrogens is 255 g/mol. The Hall–Kier alpha value is -0.830. The lowest BCUT2D eigenvalue weighted by atomic mass is 10.3. The average Bonchev–Trinajstić information content (AvgIpc) is 1.95. The minimum atomic E-state index is 0.0958. The van der Waals surface area contributed by atoms with Crippen LogP contribution < -0.4 is 0 Å². The van der Waals surface area contributed by atoms with Crippen LogP contribution in [0.15, 0.2) is 12.3 Å². The Morgan fingerprint density at radius 2 is 2.45 bits per heavy atom. The van der Waals surface area contributed by atoms with Crippen molar-refractivity contribution in [1.82, 2.24) is 4.98 Å². The van der Waals surface area contributed by atoms with Crippen LogP contribution in [0.5, 0.6) is 5.75 Å². The molecule has 0 fully saturated rings. The fourth-order valence-corrected chi connectivity index (χ4v) is 1.10. The monoisotopic (exact) mass is 260 g/mol. The number of rotatable bonds is 1. The molecule has 0 aliphatic rings. The number of aromatic hydroxyl groups is 1. The second kappa shape index (κ2) is 3.53. The molecule has 0 aromatic carbocycles. The minimum absolute atomic E-state index is 0.0958. The van der Waals surface area contributed by atoms with Gasteiger partial charge in [0.15, 0.2) is 0 Å². The molecular formula is C7H5IN2O. The Morgan fingerprint density at radius 3 is 3.00 bits per heavy atom. The fourth-order valence-electron chi connectivity index (χ4n) is 0.668. The van der Waals surface area contributed by atoms with Gasteiger partial charge in [0.1, 0.15) is 5.75 Å². The lowest BCUT2D eigenvalue weighted by molar-refractivity contribution is 0.465. The van der Waals surface area contributed by atoms with Crippen molar-refractivity contribution in [3.05, 3.63) is 21.5 Å². The first-order valence-electron chi connectivity index (χ1n) is 2.94. The maximum atomic E-state index is 9.20. The molecule has 0 radical (unpaired) electrons. The molecule has 1 aromatic rings. The third-order valence-corrected chi connectivity index (χ3v) is 1.75. The van der Waals surface area contributed by atoms with Crippen LogP contribution in [0, 0.1) is 14.9 Å². The SMILES string of the molecule is N#CCc1ncc(I)cc1O. The second-order valence-electron chi connectivity index (χ2n) is 1.95. The van der Waals surface area contributed by atoms with Crippen LogP contribution in [0.2, 0.25) is 0 Å². The van der Waals surface area contributed by atoms with Gasteiger partial charge in [0.05, 0.1) is 18.2 Å². The fraction of sp³-hybridized carbons (Fsp3) is 0.143. The van der Waals surface area contributed by atoms with Gasteiger partial charge in [-0.15, -0.1) is 0 Å². The molecule has 4 heteroatoms. The highest BCUT2D eigenvalue weighted by molar-refractivity contribution is 14.1. The van der Waals surface area contributed by atoms with Gasteiger partial charge >= 0.3 is 0 Å². The number of hydrogen-bond acceptors (Lipinski definition) is 3. The van der Waals surface area contributed by atoms with E-state index in [1.54, 1.807) is 12.3 Å². The molecule has 0 aliphatic heterocycles. The van der Waals surface area contributed by atoms with Crippen LogP contribution in [0.25, 0.3) is 0 Å². The van der Waals surface area contributed by atoms with E-state index in [4.69, 9.17) is 5.26 Å². The molecule has 0 spiro atoms. The zero-order chi connectivity index (χ0) is 8.27. The van der Waals surface area contributed by atoms with Crippen molar-refractivity contribution >= 4 is 22.6 Å². The van der Waals surface area contributed by atoms with Gasteiger partial charge in [0.25, 0.3) is 0 Å². The third-order valence-electron chi connectivity index (χ3n) is 1.16. The molecule has 0 saturated carbocycles. The number of hydrogen-bond donors (Lipinski definition) is 1. The van der Waals surface area contributed by atoms with Crippen molar-refractivity contribution in [3.63, 3.8) is 0 Å². The van der Waals surface area contributed by atoms with Crippen LogP contribution in [0.3, 0.4) is 0 Å². The Balaban J connectivity index is 3.01. The largest absolute Gasteiger partial charge is 0.506 e. The molecule has 0 bridgehead atoms. The maximum Gasteiger partial charge on any atom is 0.139 e. The van der Waals surface area contributed by atoms with Crippen molar-refractivity contribution < 1.29 is 5.11 Å². The summed E-state index contributed by atoms with van der Waals surface area (Å²) in [6, 6.07) is 3.50. The zero-order valence-electron chi connectivity index (χ0n) is 5.58. The summed E-state index contributed by atoms with van der Waals surface area (Å²) in [5, 5.41) is 17.5. The van der Waals surface area contributed by atoms with E-state index in [0.29, 0.717) is 5.69 Å². The molecule has 1 N–H and O–H groups in total. The van der Waals surface area contributed by atoms with E-state index < -0.39 is 0 Å². The van der Waals surface area contributed by atoms with Crippen molar-refractivity contribution in [2.45, 2.75) is 6.42 Å². The standard InChI is InChI=1S/C7H5IN2O/c8-5-3-7(11)6(1-2-9)10-4-5/h3-4,11H,1H2. The Morgan fingerprint density at radius 1 is 1.73 bits per heavy atom. The van der Waals surface area contributed by atoms with E-state index in [0.717, 1.165) is 3.57 Å². The van der Waals surface area contributed by atoms with Gasteiger partial charge in [-0.3, -0.25) is 4.98 Å². The van der Waals surface area contributed by atoms with Crippen LogP contribution in [0.1, 0.15) is 5.69 Å². The van der Waals surface area contributed by atoms with E-state index in [1.165, 1.54) is 0 Å². The summed E-state index contributed by atoms with van der Waals surface area (Å²) in [4.78, 5) is 3.89. The Kier molecular flexibility index (Phi) is 2.65. The minimum Gasteiger partial charge on any atom is -0.506 e. The normalized spacial score (nSPS) is 9.09. The zero-order valence-corrected chi connectivity index (χ0v) is 7.74. The van der Waals surface area contributed by atoms with Gasteiger partial charge in [0, 0.05) is 9.77 Å². The lowest BCUT2D eigenvalue weighted by Crippen LogP contribution is -1.88. The summed E-state index contributed by atoms with van der Waals surface area (Å²) in [6.07, 6.45) is 1.77. The molecule has 1 heterocycles. The smallest absolute Gasteiger partial charge is 0.139 e. The lowest BCUT2D eigenvalue weighted by Gasteiger charge is -1.97. The van der Waals surface area contributed by atoms with Crippen molar-refractivity contribution in [3.8, 4) is 11.8 Å². The second-order valence-corrected chi connectivity index (χ2v) is 3.20. The molecule has 0 unspecified atom stereocenters. The van der Waals surface area contributed by atoms with Crippen LogP contribution in [-0.4, -0.2) is 10.1 Å². The molecule has 0 saturated heterocycles. The van der Waals surface area contributed by atoms with Crippen molar-refractivity contribution in [2.24, 2.45) is 0 Å². The number of pyridine rings is 1. The van der Waals surface area contributed by atoms with Gasteiger partial charge in [-0.05, 0) is 28.7 Å². The van der Waals surface area contributed by atoms with Gasteiger partial charge < -0.3 is 5.11 Å². The van der Waals surface area contributed by atoms with Crippen LogP contribution in [-0.2, 0) is 6.42 Å². The Labute approximate surface area is 77.8 Å². The highest BCUT2D eigenvalue weighted by Gasteiger charge is 2.01. The summed E-state index contributed by atoms with van der Waals surface area (Å²) in [6.45, 7) is 0. The summed E-state index contributed by atoms with van der Waals surface area (Å²) >= 11 is 2.05. The van der Waals surface area contributed by atoms with Crippen molar-refractivity contribution in [2.75, 3.05) is 0 Å². The quantitative estimate of drug-likeness (QED) is 0.777. The molecule has 3 nitrogen and oxygen atoms in total. The molecule has 11 heavy (non-hydrogen) atoms. The summed E-state index contributed by atoms with van der Waals surface area (Å²) in [7, 11) is 0. The summed E-state index contributed by atoms with van der Waals surface area (Å²) < 4.78 is 0.863. The molecule has 0 aliphatic carbocycles. The first kappa shape index (κ1) is 8.27. The van der Waals surface area contributed by atoms with Crippen LogP contribution in [0.4, 0.5) is 0 Å². The number of nitrogens with zero attached hydrogens (tertiary/aromatic N) is 2.